The summed E-state index contributed by atoms with van der Waals surface area (Å²) in [5, 5.41) is 8.82. The minimum atomic E-state index is -0.123. The highest BCUT2D eigenvalue weighted by Gasteiger charge is 2.38. The van der Waals surface area contributed by atoms with E-state index in [9.17, 15) is 0 Å². The van der Waals surface area contributed by atoms with Gasteiger partial charge in [-0.2, -0.15) is 0 Å². The van der Waals surface area contributed by atoms with Crippen LogP contribution in [0.25, 0.3) is 0 Å². The van der Waals surface area contributed by atoms with Crippen molar-refractivity contribution >= 4 is 34.3 Å². The molecule has 0 aromatic carbocycles. The van der Waals surface area contributed by atoms with Crippen LogP contribution in [0.4, 0.5) is 0 Å². The lowest BCUT2D eigenvalue weighted by molar-refractivity contribution is 0.300. The molecule has 0 saturated carbocycles. The fraction of sp³-hybridized carbons (Fsp3) is 0.455. The van der Waals surface area contributed by atoms with Crippen LogP contribution in [0.1, 0.15) is 17.7 Å². The molecule has 5 heteroatoms. The Morgan fingerprint density at radius 3 is 2.88 bits per heavy atom. The van der Waals surface area contributed by atoms with Crippen LogP contribution in [-0.4, -0.2) is 29.5 Å². The van der Waals surface area contributed by atoms with Crippen LogP contribution in [0.5, 0.6) is 0 Å². The summed E-state index contributed by atoms with van der Waals surface area (Å²) >= 11 is 7.08. The van der Waals surface area contributed by atoms with E-state index in [2.05, 4.69) is 22.1 Å². The lowest BCUT2D eigenvalue weighted by atomic mass is 10.00. The number of piperidine rings is 1. The standard InChI is InChI=1S/C11H13N3S2/c15-10-9(8-2-1-7-16-8)13-11(14-10)3-5-12-6-4-11/h1-2,7,12H,3-6H2,(H,14,15). The predicted octanol–water partition coefficient (Wildman–Crippen LogP) is 1.55. The maximum atomic E-state index is 5.39. The minimum absolute atomic E-state index is 0.123. The molecule has 3 heterocycles. The van der Waals surface area contributed by atoms with Gasteiger partial charge in [0, 0.05) is 12.8 Å². The molecule has 0 atom stereocenters. The average molecular weight is 251 g/mol. The smallest absolute Gasteiger partial charge is 0.133 e. The maximum Gasteiger partial charge on any atom is 0.133 e. The molecular weight excluding hydrogens is 238 g/mol. The number of hydrogen-bond acceptors (Lipinski definition) is 4. The van der Waals surface area contributed by atoms with Crippen LogP contribution in [-0.2, 0) is 0 Å². The molecule has 0 aliphatic carbocycles. The second kappa shape index (κ2) is 3.91. The van der Waals surface area contributed by atoms with E-state index < -0.39 is 0 Å². The van der Waals surface area contributed by atoms with Gasteiger partial charge < -0.3 is 10.6 Å². The molecule has 2 aliphatic rings. The first kappa shape index (κ1) is 10.4. The van der Waals surface area contributed by atoms with Crippen molar-refractivity contribution in [1.29, 1.82) is 0 Å². The minimum Gasteiger partial charge on any atom is -0.350 e. The van der Waals surface area contributed by atoms with Crippen molar-refractivity contribution < 1.29 is 0 Å². The zero-order chi connectivity index (χ0) is 11.0. The molecule has 0 amide bonds. The van der Waals surface area contributed by atoms with Crippen molar-refractivity contribution in [1.82, 2.24) is 10.6 Å². The summed E-state index contributed by atoms with van der Waals surface area (Å²) in [6.07, 6.45) is 2.03. The van der Waals surface area contributed by atoms with Crippen LogP contribution < -0.4 is 10.6 Å². The van der Waals surface area contributed by atoms with Gasteiger partial charge in [0.15, 0.2) is 0 Å². The topological polar surface area (TPSA) is 36.4 Å². The summed E-state index contributed by atoms with van der Waals surface area (Å²) in [7, 11) is 0. The second-order valence-corrected chi connectivity index (χ2v) is 5.53. The number of nitrogens with one attached hydrogen (secondary N) is 2. The van der Waals surface area contributed by atoms with Crippen molar-refractivity contribution in [3.05, 3.63) is 22.4 Å². The van der Waals surface area contributed by atoms with Gasteiger partial charge in [0.25, 0.3) is 0 Å². The normalized spacial score (nSPS) is 23.2. The Morgan fingerprint density at radius 2 is 2.19 bits per heavy atom. The van der Waals surface area contributed by atoms with Gasteiger partial charge in [0.1, 0.15) is 16.4 Å². The second-order valence-electron chi connectivity index (χ2n) is 4.17. The molecule has 0 bridgehead atoms. The molecule has 1 saturated heterocycles. The SMILES string of the molecule is S=C1NC2(CCNCC2)N=C1c1cccs1. The Hall–Kier alpha value is -0.780. The van der Waals surface area contributed by atoms with E-state index in [1.54, 1.807) is 11.3 Å². The van der Waals surface area contributed by atoms with E-state index in [4.69, 9.17) is 17.2 Å². The van der Waals surface area contributed by atoms with Gasteiger partial charge in [-0.25, -0.2) is 0 Å². The molecule has 1 fully saturated rings. The van der Waals surface area contributed by atoms with Crippen LogP contribution in [0.2, 0.25) is 0 Å². The summed E-state index contributed by atoms with van der Waals surface area (Å²) in [5.74, 6) is 0. The third kappa shape index (κ3) is 1.69. The van der Waals surface area contributed by atoms with E-state index >= 15 is 0 Å². The highest BCUT2D eigenvalue weighted by Crippen LogP contribution is 2.27. The summed E-state index contributed by atoms with van der Waals surface area (Å²) in [6, 6.07) is 4.12. The van der Waals surface area contributed by atoms with Crippen LogP contribution in [0, 0.1) is 0 Å². The quantitative estimate of drug-likeness (QED) is 0.744. The van der Waals surface area contributed by atoms with Crippen molar-refractivity contribution in [2.24, 2.45) is 4.99 Å². The largest absolute Gasteiger partial charge is 0.350 e. The fourth-order valence-electron chi connectivity index (χ4n) is 2.22. The Kier molecular flexibility index (Phi) is 2.53. The maximum absolute atomic E-state index is 5.39. The fourth-order valence-corrected chi connectivity index (χ4v) is 3.35. The zero-order valence-electron chi connectivity index (χ0n) is 8.82. The summed E-state index contributed by atoms with van der Waals surface area (Å²) in [6.45, 7) is 2.02. The van der Waals surface area contributed by atoms with E-state index in [0.29, 0.717) is 0 Å². The van der Waals surface area contributed by atoms with Gasteiger partial charge in [-0.3, -0.25) is 4.99 Å². The molecule has 1 aromatic heterocycles. The zero-order valence-corrected chi connectivity index (χ0v) is 10.5. The predicted molar refractivity (Wildman–Crippen MR) is 71.4 cm³/mol. The van der Waals surface area contributed by atoms with Crippen LogP contribution in [0.3, 0.4) is 0 Å². The van der Waals surface area contributed by atoms with E-state index in [0.717, 1.165) is 36.6 Å². The first-order chi connectivity index (χ1) is 7.79. The Balaban J connectivity index is 1.94. The monoisotopic (exact) mass is 251 g/mol. The molecule has 84 valence electrons. The number of thiophene rings is 1. The molecule has 1 spiro atoms. The van der Waals surface area contributed by atoms with Crippen LogP contribution in [0.15, 0.2) is 22.5 Å². The van der Waals surface area contributed by atoms with Gasteiger partial charge in [-0.05, 0) is 24.5 Å². The van der Waals surface area contributed by atoms with Gasteiger partial charge >= 0.3 is 0 Å². The van der Waals surface area contributed by atoms with Crippen molar-refractivity contribution in [2.45, 2.75) is 18.5 Å². The van der Waals surface area contributed by atoms with Crippen molar-refractivity contribution in [3.63, 3.8) is 0 Å². The molecule has 3 nitrogen and oxygen atoms in total. The van der Waals surface area contributed by atoms with Gasteiger partial charge in [-0.15, -0.1) is 11.3 Å². The molecule has 0 unspecified atom stereocenters. The van der Waals surface area contributed by atoms with Crippen molar-refractivity contribution in [3.8, 4) is 0 Å². The van der Waals surface area contributed by atoms with Gasteiger partial charge in [-0.1, -0.05) is 18.3 Å². The Morgan fingerprint density at radius 1 is 1.38 bits per heavy atom. The number of nitrogens with zero attached hydrogens (tertiary/aromatic N) is 1. The number of aliphatic imine (C=N–C) groups is 1. The lowest BCUT2D eigenvalue weighted by Gasteiger charge is -2.31. The number of hydrogen-bond donors (Lipinski definition) is 2. The number of rotatable bonds is 1. The highest BCUT2D eigenvalue weighted by atomic mass is 32.1. The number of thiocarbonyl (C=S) groups is 1. The van der Waals surface area contributed by atoms with Gasteiger partial charge in [0.2, 0.25) is 0 Å². The van der Waals surface area contributed by atoms with Gasteiger partial charge in [0.05, 0.1) is 4.88 Å². The van der Waals surface area contributed by atoms with E-state index in [1.807, 2.05) is 6.07 Å². The lowest BCUT2D eigenvalue weighted by Crippen LogP contribution is -2.49. The summed E-state index contributed by atoms with van der Waals surface area (Å²) < 4.78 is 0. The first-order valence-electron chi connectivity index (χ1n) is 5.46. The average Bonchev–Trinajstić information content (AvgIpc) is 2.88. The molecule has 2 aliphatic heterocycles. The Labute approximate surface area is 104 Å². The molecule has 3 rings (SSSR count). The third-order valence-electron chi connectivity index (χ3n) is 3.07. The molecule has 1 aromatic rings. The summed E-state index contributed by atoms with van der Waals surface area (Å²) in [5.41, 5.74) is 0.855. The highest BCUT2D eigenvalue weighted by molar-refractivity contribution is 7.82. The van der Waals surface area contributed by atoms with Crippen molar-refractivity contribution in [2.75, 3.05) is 13.1 Å². The van der Waals surface area contributed by atoms with Crippen LogP contribution >= 0.6 is 23.6 Å². The molecular formula is C11H13N3S2. The van der Waals surface area contributed by atoms with E-state index in [-0.39, 0.29) is 5.66 Å². The molecule has 16 heavy (non-hydrogen) atoms. The molecule has 0 radical (unpaired) electrons. The van der Waals surface area contributed by atoms with E-state index in [1.165, 1.54) is 4.88 Å². The Bertz CT molecular complexity index is 430. The third-order valence-corrected chi connectivity index (χ3v) is 4.24. The summed E-state index contributed by atoms with van der Waals surface area (Å²) in [4.78, 5) is 6.82. The molecule has 2 N–H and O–H groups in total. The first-order valence-corrected chi connectivity index (χ1v) is 6.75.